The Balaban J connectivity index is 2.86. The van der Waals surface area contributed by atoms with Gasteiger partial charge in [0.1, 0.15) is 0 Å². The summed E-state index contributed by atoms with van der Waals surface area (Å²) >= 11 is 2.34. The van der Waals surface area contributed by atoms with Crippen molar-refractivity contribution in [3.63, 3.8) is 0 Å². The van der Waals surface area contributed by atoms with Crippen LogP contribution in [0.4, 0.5) is 0 Å². The van der Waals surface area contributed by atoms with Crippen LogP contribution in [0.25, 0.3) is 0 Å². The molecule has 0 bridgehead atoms. The van der Waals surface area contributed by atoms with E-state index in [0.717, 1.165) is 6.54 Å². The monoisotopic (exact) mass is 303 g/mol. The summed E-state index contributed by atoms with van der Waals surface area (Å²) in [6.45, 7) is 5.65. The molecule has 78 valence electrons. The Morgan fingerprint density at radius 2 is 1.64 bits per heavy atom. The van der Waals surface area contributed by atoms with Gasteiger partial charge in [0.25, 0.3) is 0 Å². The lowest BCUT2D eigenvalue weighted by molar-refractivity contribution is 0.315. The van der Waals surface area contributed by atoms with Crippen LogP contribution in [-0.4, -0.2) is 25.5 Å². The summed E-state index contributed by atoms with van der Waals surface area (Å²) < 4.78 is 1.30. The van der Waals surface area contributed by atoms with E-state index in [2.05, 4.69) is 79.7 Å². The number of nitrogens with zero attached hydrogens (tertiary/aromatic N) is 1. The van der Waals surface area contributed by atoms with Gasteiger partial charge in [-0.25, -0.2) is 0 Å². The molecule has 0 unspecified atom stereocenters. The molecule has 0 fully saturated rings. The highest BCUT2D eigenvalue weighted by Crippen LogP contribution is 2.24. The summed E-state index contributed by atoms with van der Waals surface area (Å²) in [5, 5.41) is 0. The largest absolute Gasteiger partial charge is 0.309 e. The van der Waals surface area contributed by atoms with Crippen LogP contribution in [-0.2, 0) is 5.41 Å². The number of hydrogen-bond donors (Lipinski definition) is 0. The van der Waals surface area contributed by atoms with E-state index < -0.39 is 0 Å². The fraction of sp³-hybridized carbons (Fsp3) is 0.500. The standard InChI is InChI=1S/C12H18IN/c1-12(2,9-14(3)4)10-5-7-11(13)8-6-10/h5-8H,9H2,1-4H3. The molecule has 0 amide bonds. The van der Waals surface area contributed by atoms with Crippen molar-refractivity contribution in [2.24, 2.45) is 0 Å². The minimum absolute atomic E-state index is 0.230. The van der Waals surface area contributed by atoms with E-state index in [1.54, 1.807) is 0 Å². The van der Waals surface area contributed by atoms with Crippen LogP contribution in [0.3, 0.4) is 0 Å². The quantitative estimate of drug-likeness (QED) is 0.776. The molecule has 1 rings (SSSR count). The molecule has 0 spiro atoms. The summed E-state index contributed by atoms with van der Waals surface area (Å²) in [6.07, 6.45) is 0. The summed E-state index contributed by atoms with van der Waals surface area (Å²) in [5.41, 5.74) is 1.64. The Bertz CT molecular complexity index is 288. The van der Waals surface area contributed by atoms with Crippen LogP contribution in [0, 0.1) is 3.57 Å². The fourth-order valence-corrected chi connectivity index (χ4v) is 2.14. The van der Waals surface area contributed by atoms with Crippen LogP contribution >= 0.6 is 22.6 Å². The van der Waals surface area contributed by atoms with Crippen molar-refractivity contribution in [1.29, 1.82) is 0 Å². The molecule has 0 atom stereocenters. The molecule has 1 aromatic rings. The van der Waals surface area contributed by atoms with E-state index in [9.17, 15) is 0 Å². The number of likely N-dealkylation sites (N-methyl/N-ethyl adjacent to an activating group) is 1. The fourth-order valence-electron chi connectivity index (χ4n) is 1.78. The van der Waals surface area contributed by atoms with Crippen LogP contribution in [0.15, 0.2) is 24.3 Å². The molecule has 1 aromatic carbocycles. The number of rotatable bonds is 3. The van der Waals surface area contributed by atoms with Crippen LogP contribution in [0.1, 0.15) is 19.4 Å². The second-order valence-corrected chi connectivity index (χ2v) is 5.87. The molecule has 0 aromatic heterocycles. The number of hydrogen-bond acceptors (Lipinski definition) is 1. The average Bonchev–Trinajstić information content (AvgIpc) is 2.02. The van der Waals surface area contributed by atoms with Gasteiger partial charge in [-0.05, 0) is 54.4 Å². The van der Waals surface area contributed by atoms with Crippen LogP contribution in [0.5, 0.6) is 0 Å². The molecule has 0 heterocycles. The minimum atomic E-state index is 0.230. The first-order chi connectivity index (χ1) is 6.42. The number of halogens is 1. The predicted molar refractivity (Wildman–Crippen MR) is 70.7 cm³/mol. The summed E-state index contributed by atoms with van der Waals surface area (Å²) in [6, 6.07) is 8.80. The molecule has 0 radical (unpaired) electrons. The second kappa shape index (κ2) is 4.62. The van der Waals surface area contributed by atoms with Gasteiger partial charge in [0.15, 0.2) is 0 Å². The van der Waals surface area contributed by atoms with Gasteiger partial charge in [0.2, 0.25) is 0 Å². The van der Waals surface area contributed by atoms with Gasteiger partial charge in [-0.3, -0.25) is 0 Å². The lowest BCUT2D eigenvalue weighted by atomic mass is 9.84. The molecule has 0 saturated heterocycles. The smallest absolute Gasteiger partial charge is 0.0130 e. The zero-order valence-corrected chi connectivity index (χ0v) is 11.5. The second-order valence-electron chi connectivity index (χ2n) is 4.63. The van der Waals surface area contributed by atoms with Crippen molar-refractivity contribution in [1.82, 2.24) is 4.90 Å². The Morgan fingerprint density at radius 1 is 1.14 bits per heavy atom. The first kappa shape index (κ1) is 12.0. The van der Waals surface area contributed by atoms with E-state index in [4.69, 9.17) is 0 Å². The Kier molecular flexibility index (Phi) is 3.95. The first-order valence-electron chi connectivity index (χ1n) is 4.82. The Morgan fingerprint density at radius 3 is 2.07 bits per heavy atom. The molecular formula is C12H18IN. The maximum atomic E-state index is 2.34. The molecule has 1 nitrogen and oxygen atoms in total. The SMILES string of the molecule is CN(C)CC(C)(C)c1ccc(I)cc1. The minimum Gasteiger partial charge on any atom is -0.309 e. The maximum absolute atomic E-state index is 2.34. The summed E-state index contributed by atoms with van der Waals surface area (Å²) in [7, 11) is 4.24. The highest BCUT2D eigenvalue weighted by atomic mass is 127. The topological polar surface area (TPSA) is 3.24 Å². The lowest BCUT2D eigenvalue weighted by Crippen LogP contribution is -2.32. The van der Waals surface area contributed by atoms with Crippen molar-refractivity contribution < 1.29 is 0 Å². The predicted octanol–water partition coefficient (Wildman–Crippen LogP) is 3.13. The van der Waals surface area contributed by atoms with E-state index >= 15 is 0 Å². The van der Waals surface area contributed by atoms with Crippen molar-refractivity contribution in [2.75, 3.05) is 20.6 Å². The zero-order chi connectivity index (χ0) is 10.8. The highest BCUT2D eigenvalue weighted by Gasteiger charge is 2.20. The summed E-state index contributed by atoms with van der Waals surface area (Å²) in [5.74, 6) is 0. The summed E-state index contributed by atoms with van der Waals surface area (Å²) in [4.78, 5) is 2.23. The molecule has 0 aliphatic rings. The first-order valence-corrected chi connectivity index (χ1v) is 5.90. The lowest BCUT2D eigenvalue weighted by Gasteiger charge is -2.28. The molecule has 0 aliphatic carbocycles. The highest BCUT2D eigenvalue weighted by molar-refractivity contribution is 14.1. The van der Waals surface area contributed by atoms with Gasteiger partial charge in [-0.15, -0.1) is 0 Å². The third-order valence-electron chi connectivity index (χ3n) is 2.34. The molecule has 0 N–H and O–H groups in total. The molecular weight excluding hydrogens is 285 g/mol. The molecule has 2 heteroatoms. The Labute approximate surface area is 101 Å². The van der Waals surface area contributed by atoms with Gasteiger partial charge in [-0.1, -0.05) is 26.0 Å². The van der Waals surface area contributed by atoms with Crippen molar-refractivity contribution >= 4 is 22.6 Å². The third-order valence-corrected chi connectivity index (χ3v) is 3.06. The van der Waals surface area contributed by atoms with Gasteiger partial charge < -0.3 is 4.90 Å². The zero-order valence-electron chi connectivity index (χ0n) is 9.34. The average molecular weight is 303 g/mol. The van der Waals surface area contributed by atoms with E-state index in [-0.39, 0.29) is 5.41 Å². The van der Waals surface area contributed by atoms with Crippen LogP contribution < -0.4 is 0 Å². The third kappa shape index (κ3) is 3.24. The van der Waals surface area contributed by atoms with E-state index in [1.807, 2.05) is 0 Å². The van der Waals surface area contributed by atoms with Gasteiger partial charge in [0.05, 0.1) is 0 Å². The maximum Gasteiger partial charge on any atom is 0.0130 e. The van der Waals surface area contributed by atoms with E-state index in [1.165, 1.54) is 9.13 Å². The normalized spacial score (nSPS) is 12.1. The molecule has 0 saturated carbocycles. The molecule has 14 heavy (non-hydrogen) atoms. The Hall–Kier alpha value is -0.0900. The van der Waals surface area contributed by atoms with E-state index in [0.29, 0.717) is 0 Å². The molecule has 0 aliphatic heterocycles. The number of benzene rings is 1. The van der Waals surface area contributed by atoms with Crippen molar-refractivity contribution in [3.8, 4) is 0 Å². The van der Waals surface area contributed by atoms with Gasteiger partial charge >= 0.3 is 0 Å². The van der Waals surface area contributed by atoms with Crippen LogP contribution in [0.2, 0.25) is 0 Å². The van der Waals surface area contributed by atoms with Gasteiger partial charge in [-0.2, -0.15) is 0 Å². The van der Waals surface area contributed by atoms with Gasteiger partial charge in [0, 0.05) is 15.5 Å². The van der Waals surface area contributed by atoms with Crippen molar-refractivity contribution in [3.05, 3.63) is 33.4 Å². The van der Waals surface area contributed by atoms with Crippen molar-refractivity contribution in [2.45, 2.75) is 19.3 Å².